The lowest BCUT2D eigenvalue weighted by molar-refractivity contribution is -0.0176. The first kappa shape index (κ1) is 15.6. The lowest BCUT2D eigenvalue weighted by Crippen LogP contribution is -2.37. The number of benzene rings is 2. The summed E-state index contributed by atoms with van der Waals surface area (Å²) < 4.78 is 22.1. The van der Waals surface area contributed by atoms with E-state index in [2.05, 4.69) is 0 Å². The van der Waals surface area contributed by atoms with Crippen LogP contribution in [-0.4, -0.2) is 19.5 Å². The Labute approximate surface area is 145 Å². The Kier molecular flexibility index (Phi) is 3.49. The van der Waals surface area contributed by atoms with Crippen LogP contribution in [0.4, 0.5) is 4.79 Å². The zero-order valence-corrected chi connectivity index (χ0v) is 14.1. The third-order valence-electron chi connectivity index (χ3n) is 4.55. The summed E-state index contributed by atoms with van der Waals surface area (Å²) in [4.78, 5) is 11.3. The van der Waals surface area contributed by atoms with Crippen molar-refractivity contribution < 1.29 is 23.7 Å². The highest BCUT2D eigenvalue weighted by Crippen LogP contribution is 2.46. The van der Waals surface area contributed by atoms with Crippen LogP contribution in [0.2, 0.25) is 0 Å². The van der Waals surface area contributed by atoms with Gasteiger partial charge in [0.05, 0.1) is 6.61 Å². The summed E-state index contributed by atoms with van der Waals surface area (Å²) in [7, 11) is 0. The minimum Gasteiger partial charge on any atom is -0.492 e. The van der Waals surface area contributed by atoms with Gasteiger partial charge in [-0.05, 0) is 29.3 Å². The van der Waals surface area contributed by atoms with Crippen LogP contribution in [0.5, 0.6) is 17.2 Å². The standard InChI is InChI=1S/C19H19NO5/c1-19(2)9-22-15-7-11(3-5-13(15)17(19)25-18(20)21)12-4-6-14-16(8-12)24-10-23-14/h3-8,17H,9-10H2,1-2H3,(H2,20,21). The van der Waals surface area contributed by atoms with Gasteiger partial charge in [0.2, 0.25) is 6.79 Å². The molecule has 130 valence electrons. The summed E-state index contributed by atoms with van der Waals surface area (Å²) in [6.07, 6.45) is -1.23. The topological polar surface area (TPSA) is 80.0 Å². The van der Waals surface area contributed by atoms with Crippen LogP contribution in [0.25, 0.3) is 11.1 Å². The van der Waals surface area contributed by atoms with Crippen molar-refractivity contribution >= 4 is 6.09 Å². The van der Waals surface area contributed by atoms with Gasteiger partial charge in [0.25, 0.3) is 0 Å². The molecule has 1 amide bonds. The Morgan fingerprint density at radius 1 is 1.04 bits per heavy atom. The van der Waals surface area contributed by atoms with Crippen LogP contribution in [0.15, 0.2) is 36.4 Å². The number of carbonyl (C=O) groups excluding carboxylic acids is 1. The highest BCUT2D eigenvalue weighted by molar-refractivity contribution is 5.70. The maximum atomic E-state index is 11.3. The van der Waals surface area contributed by atoms with Crippen molar-refractivity contribution in [2.75, 3.05) is 13.4 Å². The Morgan fingerprint density at radius 2 is 1.72 bits per heavy atom. The molecule has 0 radical (unpaired) electrons. The van der Waals surface area contributed by atoms with Crippen molar-refractivity contribution in [1.29, 1.82) is 0 Å². The van der Waals surface area contributed by atoms with Gasteiger partial charge in [-0.25, -0.2) is 4.79 Å². The number of amides is 1. The maximum Gasteiger partial charge on any atom is 0.405 e. The summed E-state index contributed by atoms with van der Waals surface area (Å²) in [5.41, 5.74) is 7.68. The number of ether oxygens (including phenoxy) is 4. The highest BCUT2D eigenvalue weighted by atomic mass is 16.7. The lowest BCUT2D eigenvalue weighted by Gasteiger charge is -2.38. The van der Waals surface area contributed by atoms with Crippen LogP contribution in [0.3, 0.4) is 0 Å². The first-order valence-electron chi connectivity index (χ1n) is 8.07. The van der Waals surface area contributed by atoms with Crippen LogP contribution in [0.1, 0.15) is 25.5 Å². The molecule has 2 aliphatic rings. The van der Waals surface area contributed by atoms with E-state index in [1.54, 1.807) is 0 Å². The molecule has 25 heavy (non-hydrogen) atoms. The highest BCUT2D eigenvalue weighted by Gasteiger charge is 2.40. The van der Waals surface area contributed by atoms with Gasteiger partial charge in [0.1, 0.15) is 11.9 Å². The molecule has 2 aliphatic heterocycles. The van der Waals surface area contributed by atoms with Gasteiger partial charge in [-0.2, -0.15) is 0 Å². The minimum atomic E-state index is -0.786. The number of hydrogen-bond acceptors (Lipinski definition) is 5. The zero-order chi connectivity index (χ0) is 17.6. The Bertz CT molecular complexity index is 846. The van der Waals surface area contributed by atoms with Gasteiger partial charge >= 0.3 is 6.09 Å². The van der Waals surface area contributed by atoms with Gasteiger partial charge < -0.3 is 24.7 Å². The number of hydrogen-bond donors (Lipinski definition) is 1. The molecule has 2 heterocycles. The maximum absolute atomic E-state index is 11.3. The summed E-state index contributed by atoms with van der Waals surface area (Å²) in [6, 6.07) is 11.6. The molecule has 0 aliphatic carbocycles. The fourth-order valence-corrected chi connectivity index (χ4v) is 3.23. The van der Waals surface area contributed by atoms with E-state index in [9.17, 15) is 4.79 Å². The minimum absolute atomic E-state index is 0.243. The molecule has 0 fully saturated rings. The third-order valence-corrected chi connectivity index (χ3v) is 4.55. The molecule has 0 bridgehead atoms. The number of nitrogens with two attached hydrogens (primary N) is 1. The molecule has 2 aromatic carbocycles. The van der Waals surface area contributed by atoms with Gasteiger partial charge in [0, 0.05) is 11.0 Å². The Morgan fingerprint density at radius 3 is 2.48 bits per heavy atom. The molecule has 0 aromatic heterocycles. The average Bonchev–Trinajstić information content (AvgIpc) is 3.04. The molecule has 2 aromatic rings. The van der Waals surface area contributed by atoms with Gasteiger partial charge in [-0.3, -0.25) is 0 Å². The monoisotopic (exact) mass is 341 g/mol. The van der Waals surface area contributed by atoms with E-state index in [4.69, 9.17) is 24.7 Å². The van der Waals surface area contributed by atoms with Gasteiger partial charge in [-0.1, -0.05) is 32.0 Å². The molecule has 6 heteroatoms. The predicted octanol–water partition coefficient (Wildman–Crippen LogP) is 3.64. The zero-order valence-electron chi connectivity index (χ0n) is 14.1. The van der Waals surface area contributed by atoms with E-state index in [0.717, 1.165) is 28.2 Å². The van der Waals surface area contributed by atoms with E-state index in [1.165, 1.54) is 0 Å². The van der Waals surface area contributed by atoms with Crippen LogP contribution < -0.4 is 19.9 Å². The molecule has 6 nitrogen and oxygen atoms in total. The van der Waals surface area contributed by atoms with Gasteiger partial charge in [-0.15, -0.1) is 0 Å². The Balaban J connectivity index is 1.72. The molecular weight excluding hydrogens is 322 g/mol. The van der Waals surface area contributed by atoms with Crippen molar-refractivity contribution in [1.82, 2.24) is 0 Å². The van der Waals surface area contributed by atoms with E-state index < -0.39 is 12.2 Å². The van der Waals surface area contributed by atoms with Crippen molar-refractivity contribution in [3.05, 3.63) is 42.0 Å². The summed E-state index contributed by atoms with van der Waals surface area (Å²) in [5, 5.41) is 0. The summed E-state index contributed by atoms with van der Waals surface area (Å²) in [5.74, 6) is 2.17. The summed E-state index contributed by atoms with van der Waals surface area (Å²) in [6.45, 7) is 4.64. The summed E-state index contributed by atoms with van der Waals surface area (Å²) >= 11 is 0. The normalized spacial score (nSPS) is 19.7. The molecule has 2 N–H and O–H groups in total. The van der Waals surface area contributed by atoms with E-state index in [-0.39, 0.29) is 12.2 Å². The quantitative estimate of drug-likeness (QED) is 0.902. The smallest absolute Gasteiger partial charge is 0.405 e. The lowest BCUT2D eigenvalue weighted by atomic mass is 9.80. The largest absolute Gasteiger partial charge is 0.492 e. The van der Waals surface area contributed by atoms with Crippen molar-refractivity contribution in [2.45, 2.75) is 20.0 Å². The second-order valence-corrected chi connectivity index (χ2v) is 6.91. The van der Waals surface area contributed by atoms with Crippen molar-refractivity contribution in [3.63, 3.8) is 0 Å². The number of carbonyl (C=O) groups is 1. The van der Waals surface area contributed by atoms with Crippen LogP contribution >= 0.6 is 0 Å². The first-order chi connectivity index (χ1) is 11.9. The number of fused-ring (bicyclic) bond motifs is 2. The van der Waals surface area contributed by atoms with E-state index in [0.29, 0.717) is 12.4 Å². The molecule has 1 atom stereocenters. The van der Waals surface area contributed by atoms with Crippen LogP contribution in [-0.2, 0) is 4.74 Å². The number of rotatable bonds is 2. The molecular formula is C19H19NO5. The van der Waals surface area contributed by atoms with Gasteiger partial charge in [0.15, 0.2) is 11.5 Å². The molecule has 1 unspecified atom stereocenters. The second kappa shape index (κ2) is 5.58. The molecule has 0 saturated carbocycles. The fourth-order valence-electron chi connectivity index (χ4n) is 3.23. The SMILES string of the molecule is CC1(C)COc2cc(-c3ccc4c(c3)OCO4)ccc2C1OC(N)=O. The van der Waals surface area contributed by atoms with E-state index in [1.807, 2.05) is 50.2 Å². The second-order valence-electron chi connectivity index (χ2n) is 6.91. The van der Waals surface area contributed by atoms with E-state index >= 15 is 0 Å². The first-order valence-corrected chi connectivity index (χ1v) is 8.07. The third kappa shape index (κ3) is 2.73. The number of primary amides is 1. The fraction of sp³-hybridized carbons (Fsp3) is 0.316. The predicted molar refractivity (Wildman–Crippen MR) is 90.7 cm³/mol. The Hall–Kier alpha value is -2.89. The average molecular weight is 341 g/mol. The molecule has 0 saturated heterocycles. The molecule has 4 rings (SSSR count). The molecule has 0 spiro atoms. The van der Waals surface area contributed by atoms with Crippen molar-refractivity contribution in [3.8, 4) is 28.4 Å². The van der Waals surface area contributed by atoms with Crippen LogP contribution in [0, 0.1) is 5.41 Å². The van der Waals surface area contributed by atoms with Crippen molar-refractivity contribution in [2.24, 2.45) is 11.1 Å².